The second-order valence-electron chi connectivity index (χ2n) is 6.80. The summed E-state index contributed by atoms with van der Waals surface area (Å²) in [5.41, 5.74) is 2.42. The van der Waals surface area contributed by atoms with E-state index in [0.717, 1.165) is 44.5 Å². The summed E-state index contributed by atoms with van der Waals surface area (Å²) in [7, 11) is 0. The quantitative estimate of drug-likeness (QED) is 0.745. The maximum Gasteiger partial charge on any atom is 0.352 e. The maximum atomic E-state index is 12.3. The average molecular weight is 363 g/mol. The van der Waals surface area contributed by atoms with E-state index < -0.39 is 5.97 Å². The molecule has 138 valence electrons. The molecule has 1 aromatic heterocycles. The lowest BCUT2D eigenvalue weighted by atomic mass is 10.1. The number of nitrogens with one attached hydrogen (secondary N) is 1. The first-order chi connectivity index (χ1) is 13.1. The van der Waals surface area contributed by atoms with Crippen molar-refractivity contribution < 1.29 is 9.90 Å². The summed E-state index contributed by atoms with van der Waals surface area (Å²) >= 11 is 0. The fourth-order valence-corrected chi connectivity index (χ4v) is 3.62. The number of anilines is 1. The summed E-state index contributed by atoms with van der Waals surface area (Å²) < 4.78 is 0. The Morgan fingerprint density at radius 2 is 1.74 bits per heavy atom. The molecule has 0 amide bonds. The van der Waals surface area contributed by atoms with Gasteiger partial charge in [-0.25, -0.2) is 4.79 Å². The number of H-pyrrole nitrogens is 1. The van der Waals surface area contributed by atoms with Crippen molar-refractivity contribution in [2.24, 2.45) is 0 Å². The first kappa shape index (κ1) is 17.3. The van der Waals surface area contributed by atoms with Crippen LogP contribution in [0.3, 0.4) is 0 Å². The lowest BCUT2D eigenvalue weighted by molar-refractivity contribution is 0.0691. The summed E-state index contributed by atoms with van der Waals surface area (Å²) in [6.45, 7) is 4.39. The van der Waals surface area contributed by atoms with E-state index >= 15 is 0 Å². The number of rotatable bonds is 4. The number of aromatic carboxylic acids is 1. The molecule has 0 bridgehead atoms. The minimum absolute atomic E-state index is 0.0809. The van der Waals surface area contributed by atoms with Crippen LogP contribution in [0.4, 0.5) is 5.69 Å². The van der Waals surface area contributed by atoms with Crippen LogP contribution in [0.1, 0.15) is 16.1 Å². The predicted molar refractivity (Wildman–Crippen MR) is 105 cm³/mol. The number of piperazine rings is 1. The van der Waals surface area contributed by atoms with Crippen LogP contribution < -0.4 is 10.3 Å². The van der Waals surface area contributed by atoms with E-state index in [2.05, 4.69) is 39.0 Å². The van der Waals surface area contributed by atoms with Gasteiger partial charge in [0.05, 0.1) is 11.2 Å². The Labute approximate surface area is 156 Å². The molecular weight excluding hydrogens is 342 g/mol. The minimum atomic E-state index is -1.13. The van der Waals surface area contributed by atoms with E-state index in [0.29, 0.717) is 10.9 Å². The molecule has 0 unspecified atom stereocenters. The van der Waals surface area contributed by atoms with E-state index in [4.69, 9.17) is 0 Å². The standard InChI is InChI=1S/C21H21N3O3/c25-19-13-17(21(26)27)22-20-16(19)7-4-8-18(20)24-11-9-23(10-12-24)14-15-5-2-1-3-6-15/h1-8,13H,9-12,14H2,(H,22,25)(H,26,27). The van der Waals surface area contributed by atoms with Crippen LogP contribution >= 0.6 is 0 Å². The molecule has 6 heteroatoms. The van der Waals surface area contributed by atoms with Crippen LogP contribution in [0.15, 0.2) is 59.4 Å². The number of carboxylic acid groups (broad SMARTS) is 1. The van der Waals surface area contributed by atoms with Crippen LogP contribution in [0.5, 0.6) is 0 Å². The SMILES string of the molecule is O=C(O)c1cc(=O)c2cccc(N3CCN(Cc4ccccc4)CC3)c2[nH]1. The van der Waals surface area contributed by atoms with Gasteiger partial charge in [0.15, 0.2) is 5.43 Å². The molecule has 4 rings (SSSR count). The lowest BCUT2D eigenvalue weighted by Crippen LogP contribution is -2.46. The number of carbonyl (C=O) groups is 1. The van der Waals surface area contributed by atoms with E-state index in [1.54, 1.807) is 6.07 Å². The summed E-state index contributed by atoms with van der Waals surface area (Å²) in [5.74, 6) is -1.13. The summed E-state index contributed by atoms with van der Waals surface area (Å²) in [6.07, 6.45) is 0. The van der Waals surface area contributed by atoms with Crippen LogP contribution in [0.2, 0.25) is 0 Å². The van der Waals surface area contributed by atoms with Crippen molar-refractivity contribution in [1.82, 2.24) is 9.88 Å². The van der Waals surface area contributed by atoms with Crippen LogP contribution in [0, 0.1) is 0 Å². The number of aromatic amines is 1. The van der Waals surface area contributed by atoms with Crippen molar-refractivity contribution in [2.75, 3.05) is 31.1 Å². The second kappa shape index (κ2) is 7.25. The number of hydrogen-bond donors (Lipinski definition) is 2. The van der Waals surface area contributed by atoms with Gasteiger partial charge in [0.1, 0.15) is 5.69 Å². The Bertz CT molecular complexity index is 1020. The number of hydrogen-bond acceptors (Lipinski definition) is 4. The summed E-state index contributed by atoms with van der Waals surface area (Å²) in [5, 5.41) is 9.77. The molecular formula is C21H21N3O3. The Kier molecular flexibility index (Phi) is 4.64. The van der Waals surface area contributed by atoms with Gasteiger partial charge in [-0.05, 0) is 17.7 Å². The van der Waals surface area contributed by atoms with E-state index in [9.17, 15) is 14.7 Å². The smallest absolute Gasteiger partial charge is 0.352 e. The highest BCUT2D eigenvalue weighted by atomic mass is 16.4. The number of aromatic nitrogens is 1. The van der Waals surface area contributed by atoms with Crippen LogP contribution in [-0.2, 0) is 6.54 Å². The first-order valence-corrected chi connectivity index (χ1v) is 9.02. The van der Waals surface area contributed by atoms with Gasteiger partial charge >= 0.3 is 5.97 Å². The Balaban J connectivity index is 1.57. The third kappa shape index (κ3) is 3.57. The van der Waals surface area contributed by atoms with Crippen molar-refractivity contribution in [3.63, 3.8) is 0 Å². The molecule has 1 saturated heterocycles. The number of fused-ring (bicyclic) bond motifs is 1. The zero-order chi connectivity index (χ0) is 18.8. The highest BCUT2D eigenvalue weighted by Gasteiger charge is 2.20. The molecule has 3 aromatic rings. The van der Waals surface area contributed by atoms with E-state index in [-0.39, 0.29) is 11.1 Å². The van der Waals surface area contributed by atoms with E-state index in [1.165, 1.54) is 5.56 Å². The fraction of sp³-hybridized carbons (Fsp3) is 0.238. The molecule has 0 radical (unpaired) electrons. The Morgan fingerprint density at radius 3 is 2.44 bits per heavy atom. The fourth-order valence-electron chi connectivity index (χ4n) is 3.62. The lowest BCUT2D eigenvalue weighted by Gasteiger charge is -2.36. The number of para-hydroxylation sites is 1. The zero-order valence-electron chi connectivity index (χ0n) is 14.9. The number of carboxylic acids is 1. The van der Waals surface area contributed by atoms with Crippen molar-refractivity contribution in [2.45, 2.75) is 6.54 Å². The molecule has 2 aromatic carbocycles. The van der Waals surface area contributed by atoms with Crippen molar-refractivity contribution in [3.8, 4) is 0 Å². The normalized spacial score (nSPS) is 15.2. The third-order valence-corrected chi connectivity index (χ3v) is 5.04. The van der Waals surface area contributed by atoms with Gasteiger partial charge in [0.2, 0.25) is 0 Å². The molecule has 0 saturated carbocycles. The molecule has 0 aliphatic carbocycles. The van der Waals surface area contributed by atoms with Gasteiger partial charge in [0.25, 0.3) is 0 Å². The van der Waals surface area contributed by atoms with Crippen LogP contribution in [-0.4, -0.2) is 47.1 Å². The van der Waals surface area contributed by atoms with Gasteiger partial charge in [-0.3, -0.25) is 9.69 Å². The average Bonchev–Trinajstić information content (AvgIpc) is 2.69. The molecule has 1 aliphatic rings. The summed E-state index contributed by atoms with van der Waals surface area (Å²) in [4.78, 5) is 31.1. The van der Waals surface area contributed by atoms with Gasteiger partial charge in [-0.2, -0.15) is 0 Å². The molecule has 2 N–H and O–H groups in total. The highest BCUT2D eigenvalue weighted by Crippen LogP contribution is 2.25. The summed E-state index contributed by atoms with van der Waals surface area (Å²) in [6, 6.07) is 17.1. The Hall–Kier alpha value is -3.12. The van der Waals surface area contributed by atoms with Crippen molar-refractivity contribution >= 4 is 22.6 Å². The van der Waals surface area contributed by atoms with Gasteiger partial charge in [-0.15, -0.1) is 0 Å². The van der Waals surface area contributed by atoms with Gasteiger partial charge in [-0.1, -0.05) is 36.4 Å². The monoisotopic (exact) mass is 363 g/mol. The number of pyridine rings is 1. The molecule has 2 heterocycles. The largest absolute Gasteiger partial charge is 0.477 e. The van der Waals surface area contributed by atoms with Crippen molar-refractivity contribution in [1.29, 1.82) is 0 Å². The topological polar surface area (TPSA) is 76.6 Å². The number of nitrogens with zero attached hydrogens (tertiary/aromatic N) is 2. The maximum absolute atomic E-state index is 12.3. The van der Waals surface area contributed by atoms with Gasteiger partial charge < -0.3 is 15.0 Å². The first-order valence-electron chi connectivity index (χ1n) is 9.02. The molecule has 0 spiro atoms. The molecule has 6 nitrogen and oxygen atoms in total. The predicted octanol–water partition coefficient (Wildman–Crippen LogP) is 2.55. The number of benzene rings is 2. The molecule has 1 aliphatic heterocycles. The second-order valence-corrected chi connectivity index (χ2v) is 6.80. The zero-order valence-corrected chi connectivity index (χ0v) is 14.9. The third-order valence-electron chi connectivity index (χ3n) is 5.04. The Morgan fingerprint density at radius 1 is 1.00 bits per heavy atom. The molecule has 1 fully saturated rings. The minimum Gasteiger partial charge on any atom is -0.477 e. The van der Waals surface area contributed by atoms with Crippen molar-refractivity contribution in [3.05, 3.63) is 76.1 Å². The highest BCUT2D eigenvalue weighted by molar-refractivity contribution is 5.95. The van der Waals surface area contributed by atoms with Crippen LogP contribution in [0.25, 0.3) is 10.9 Å². The van der Waals surface area contributed by atoms with Gasteiger partial charge in [0, 0.05) is 44.2 Å². The molecule has 27 heavy (non-hydrogen) atoms. The molecule has 0 atom stereocenters. The van der Waals surface area contributed by atoms with E-state index in [1.807, 2.05) is 18.2 Å².